The molecule has 2 N–H and O–H groups in total. The van der Waals surface area contributed by atoms with Gasteiger partial charge < -0.3 is 5.73 Å². The van der Waals surface area contributed by atoms with Gasteiger partial charge in [0.1, 0.15) is 0 Å². The zero-order valence-electron chi connectivity index (χ0n) is 9.09. The van der Waals surface area contributed by atoms with E-state index < -0.39 is 0 Å². The normalized spacial score (nSPS) is 11.5. The summed E-state index contributed by atoms with van der Waals surface area (Å²) in [7, 11) is 0. The number of nitrogens with two attached hydrogens (primary N) is 1. The first-order valence-electron chi connectivity index (χ1n) is 4.71. The molecule has 1 rings (SSSR count). The van der Waals surface area contributed by atoms with Crippen molar-refractivity contribution in [3.63, 3.8) is 0 Å². The van der Waals surface area contributed by atoms with Crippen LogP contribution in [0.25, 0.3) is 6.08 Å². The van der Waals surface area contributed by atoms with E-state index in [9.17, 15) is 0 Å². The van der Waals surface area contributed by atoms with Crippen molar-refractivity contribution in [2.24, 2.45) is 0 Å². The Labute approximate surface area is 85.9 Å². The van der Waals surface area contributed by atoms with Gasteiger partial charge in [0.25, 0.3) is 0 Å². The molecule has 0 saturated carbocycles. The molecule has 0 spiro atoms. The van der Waals surface area contributed by atoms with E-state index in [1.54, 1.807) is 0 Å². The zero-order chi connectivity index (χ0) is 10.7. The minimum atomic E-state index is 0.825. The van der Waals surface area contributed by atoms with Crippen molar-refractivity contribution in [2.45, 2.75) is 20.8 Å². The number of aryl methyl sites for hydroxylation is 1. The van der Waals surface area contributed by atoms with Crippen molar-refractivity contribution in [2.75, 3.05) is 5.73 Å². The Morgan fingerprint density at radius 1 is 1.36 bits per heavy atom. The maximum Gasteiger partial charge on any atom is 0.0390 e. The van der Waals surface area contributed by atoms with E-state index in [0.29, 0.717) is 0 Å². The molecular formula is C13H17N. The quantitative estimate of drug-likeness (QED) is 0.556. The second-order valence-corrected chi connectivity index (χ2v) is 3.74. The summed E-state index contributed by atoms with van der Waals surface area (Å²) >= 11 is 0. The molecule has 1 heteroatoms. The maximum absolute atomic E-state index is 5.90. The van der Waals surface area contributed by atoms with Crippen LogP contribution in [0.4, 0.5) is 5.69 Å². The number of hydrogen-bond acceptors (Lipinski definition) is 1. The van der Waals surface area contributed by atoms with Crippen LogP contribution in [0.3, 0.4) is 0 Å². The fraction of sp³-hybridized carbons (Fsp3) is 0.231. The topological polar surface area (TPSA) is 26.0 Å². The molecule has 0 saturated heterocycles. The molecule has 0 aliphatic rings. The molecule has 74 valence electrons. The summed E-state index contributed by atoms with van der Waals surface area (Å²) < 4.78 is 0. The summed E-state index contributed by atoms with van der Waals surface area (Å²) in [4.78, 5) is 0. The minimum Gasteiger partial charge on any atom is -0.398 e. The number of anilines is 1. The number of allylic oxidation sites excluding steroid dienone is 2. The largest absolute Gasteiger partial charge is 0.398 e. The van der Waals surface area contributed by atoms with Crippen molar-refractivity contribution >= 4 is 11.8 Å². The average Bonchev–Trinajstić information content (AvgIpc) is 2.09. The predicted molar refractivity (Wildman–Crippen MR) is 64.1 cm³/mol. The molecule has 0 radical (unpaired) electrons. The third-order valence-corrected chi connectivity index (χ3v) is 2.29. The summed E-state index contributed by atoms with van der Waals surface area (Å²) in [5.41, 5.74) is 11.2. The molecule has 1 aromatic rings. The Morgan fingerprint density at radius 3 is 2.50 bits per heavy atom. The highest BCUT2D eigenvalue weighted by Crippen LogP contribution is 2.19. The van der Waals surface area contributed by atoms with Crippen LogP contribution in [0.2, 0.25) is 0 Å². The van der Waals surface area contributed by atoms with E-state index in [4.69, 9.17) is 5.73 Å². The van der Waals surface area contributed by atoms with E-state index in [-0.39, 0.29) is 0 Å². The summed E-state index contributed by atoms with van der Waals surface area (Å²) in [5, 5.41) is 0. The van der Waals surface area contributed by atoms with Crippen LogP contribution in [0, 0.1) is 6.92 Å². The van der Waals surface area contributed by atoms with E-state index in [0.717, 1.165) is 16.8 Å². The Morgan fingerprint density at radius 2 is 2.00 bits per heavy atom. The molecule has 0 amide bonds. The lowest BCUT2D eigenvalue weighted by atomic mass is 10.0. The lowest BCUT2D eigenvalue weighted by Gasteiger charge is -2.04. The molecule has 0 aliphatic heterocycles. The number of benzene rings is 1. The van der Waals surface area contributed by atoms with Crippen molar-refractivity contribution in [3.05, 3.63) is 47.1 Å². The average molecular weight is 187 g/mol. The van der Waals surface area contributed by atoms with Crippen LogP contribution >= 0.6 is 0 Å². The van der Waals surface area contributed by atoms with Crippen molar-refractivity contribution in [1.82, 2.24) is 0 Å². The van der Waals surface area contributed by atoms with Crippen LogP contribution in [0.15, 0.2) is 35.9 Å². The number of rotatable bonds is 2. The van der Waals surface area contributed by atoms with E-state index in [1.807, 2.05) is 32.9 Å². The van der Waals surface area contributed by atoms with Crippen LogP contribution in [0.1, 0.15) is 25.0 Å². The first-order valence-corrected chi connectivity index (χ1v) is 4.71. The molecule has 0 atom stereocenters. The Balaban J connectivity index is 3.09. The van der Waals surface area contributed by atoms with Gasteiger partial charge in [-0.05, 0) is 49.6 Å². The van der Waals surface area contributed by atoms with Crippen LogP contribution in [-0.2, 0) is 0 Å². The third kappa shape index (κ3) is 2.49. The zero-order valence-corrected chi connectivity index (χ0v) is 9.09. The van der Waals surface area contributed by atoms with Gasteiger partial charge in [-0.1, -0.05) is 24.3 Å². The van der Waals surface area contributed by atoms with Gasteiger partial charge >= 0.3 is 0 Å². The van der Waals surface area contributed by atoms with Gasteiger partial charge in [-0.2, -0.15) is 0 Å². The minimum absolute atomic E-state index is 0.825. The van der Waals surface area contributed by atoms with Gasteiger partial charge in [0.05, 0.1) is 0 Å². The second kappa shape index (κ2) is 4.14. The van der Waals surface area contributed by atoms with Crippen LogP contribution in [-0.4, -0.2) is 0 Å². The maximum atomic E-state index is 5.90. The van der Waals surface area contributed by atoms with E-state index in [2.05, 4.69) is 18.7 Å². The molecular weight excluding hydrogens is 170 g/mol. The lowest BCUT2D eigenvalue weighted by Crippen LogP contribution is -1.90. The standard InChI is InChI=1S/C13H17N/c1-9(2)11(4)8-12-6-5-10(3)7-13(12)14/h5-8H,1,14H2,2-4H3/b11-8-. The molecule has 0 heterocycles. The summed E-state index contributed by atoms with van der Waals surface area (Å²) in [6, 6.07) is 6.09. The summed E-state index contributed by atoms with van der Waals surface area (Å²) in [6.45, 7) is 9.97. The molecule has 0 aromatic heterocycles. The van der Waals surface area contributed by atoms with Gasteiger partial charge in [0.15, 0.2) is 0 Å². The Hall–Kier alpha value is -1.50. The van der Waals surface area contributed by atoms with E-state index >= 15 is 0 Å². The highest BCUT2D eigenvalue weighted by atomic mass is 14.6. The highest BCUT2D eigenvalue weighted by Gasteiger charge is 1.97. The van der Waals surface area contributed by atoms with Crippen molar-refractivity contribution in [3.8, 4) is 0 Å². The Kier molecular flexibility index (Phi) is 3.13. The molecule has 1 aromatic carbocycles. The van der Waals surface area contributed by atoms with Crippen molar-refractivity contribution in [1.29, 1.82) is 0 Å². The fourth-order valence-corrected chi connectivity index (χ4v) is 1.18. The first-order chi connectivity index (χ1) is 6.50. The Bertz CT molecular complexity index is 386. The molecule has 0 bridgehead atoms. The van der Waals surface area contributed by atoms with Crippen molar-refractivity contribution < 1.29 is 0 Å². The molecule has 0 fully saturated rings. The monoisotopic (exact) mass is 187 g/mol. The van der Waals surface area contributed by atoms with Crippen LogP contribution < -0.4 is 5.73 Å². The van der Waals surface area contributed by atoms with Gasteiger partial charge in [0, 0.05) is 5.69 Å². The van der Waals surface area contributed by atoms with Gasteiger partial charge in [-0.3, -0.25) is 0 Å². The predicted octanol–water partition coefficient (Wildman–Crippen LogP) is 3.56. The second-order valence-electron chi connectivity index (χ2n) is 3.74. The van der Waals surface area contributed by atoms with Crippen LogP contribution in [0.5, 0.6) is 0 Å². The highest BCUT2D eigenvalue weighted by molar-refractivity contribution is 5.68. The smallest absolute Gasteiger partial charge is 0.0390 e. The van der Waals surface area contributed by atoms with Gasteiger partial charge in [-0.25, -0.2) is 0 Å². The molecule has 0 aliphatic carbocycles. The van der Waals surface area contributed by atoms with E-state index in [1.165, 1.54) is 11.1 Å². The number of hydrogen-bond donors (Lipinski definition) is 1. The van der Waals surface area contributed by atoms with Gasteiger partial charge in [-0.15, -0.1) is 0 Å². The summed E-state index contributed by atoms with van der Waals surface area (Å²) in [5.74, 6) is 0. The lowest BCUT2D eigenvalue weighted by molar-refractivity contribution is 1.38. The third-order valence-electron chi connectivity index (χ3n) is 2.29. The first kappa shape index (κ1) is 10.6. The number of nitrogen functional groups attached to an aromatic ring is 1. The fourth-order valence-electron chi connectivity index (χ4n) is 1.18. The SMILES string of the molecule is C=C(C)/C(C)=C\c1ccc(C)cc1N. The molecule has 1 nitrogen and oxygen atoms in total. The molecule has 14 heavy (non-hydrogen) atoms. The molecule has 0 unspecified atom stereocenters. The van der Waals surface area contributed by atoms with Gasteiger partial charge in [0.2, 0.25) is 0 Å². The summed E-state index contributed by atoms with van der Waals surface area (Å²) in [6.07, 6.45) is 2.07.